The Balaban J connectivity index is 1.33. The van der Waals surface area contributed by atoms with E-state index in [1.54, 1.807) is 11.3 Å². The Kier molecular flexibility index (Phi) is 9.55. The third kappa shape index (κ3) is 7.56. The second-order valence-electron chi connectivity index (χ2n) is 9.33. The molecule has 37 heavy (non-hydrogen) atoms. The largest absolute Gasteiger partial charge is 0.493 e. The summed E-state index contributed by atoms with van der Waals surface area (Å²) in [6, 6.07) is 19.1. The summed E-state index contributed by atoms with van der Waals surface area (Å²) >= 11 is 1.77. The molecule has 0 saturated carbocycles. The van der Waals surface area contributed by atoms with Crippen molar-refractivity contribution in [3.8, 4) is 11.3 Å². The van der Waals surface area contributed by atoms with Crippen LogP contribution in [0.15, 0.2) is 78.1 Å². The Labute approximate surface area is 224 Å². The topological polar surface area (TPSA) is 51.7 Å². The van der Waals surface area contributed by atoms with Crippen molar-refractivity contribution in [2.75, 3.05) is 18.6 Å². The molecule has 0 N–H and O–H groups in total. The summed E-state index contributed by atoms with van der Waals surface area (Å²) in [6.07, 6.45) is 8.17. The van der Waals surface area contributed by atoms with Gasteiger partial charge in [-0.3, -0.25) is 4.79 Å². The molecule has 0 atom stereocenters. The van der Waals surface area contributed by atoms with E-state index in [2.05, 4.69) is 73.4 Å². The molecule has 1 aliphatic rings. The minimum absolute atomic E-state index is 0.160. The first-order valence-corrected chi connectivity index (χ1v) is 13.8. The maximum Gasteiger partial charge on any atom is 0.305 e. The summed E-state index contributed by atoms with van der Waals surface area (Å²) in [4.78, 5) is 20.0. The Morgan fingerprint density at radius 3 is 2.46 bits per heavy atom. The fourth-order valence-electron chi connectivity index (χ4n) is 4.39. The van der Waals surface area contributed by atoms with Crippen LogP contribution in [-0.2, 0) is 27.4 Å². The molecule has 194 valence electrons. The first kappa shape index (κ1) is 26.7. The van der Waals surface area contributed by atoms with E-state index in [4.69, 9.17) is 14.5 Å². The number of aromatic nitrogens is 1. The fourth-order valence-corrected chi connectivity index (χ4v) is 5.34. The average Bonchev–Trinajstić information content (AvgIpc) is 3.33. The van der Waals surface area contributed by atoms with Crippen molar-refractivity contribution >= 4 is 22.4 Å². The highest BCUT2D eigenvalue weighted by molar-refractivity contribution is 7.16. The van der Waals surface area contributed by atoms with E-state index >= 15 is 0 Å². The zero-order valence-electron chi connectivity index (χ0n) is 22.0. The first-order valence-electron chi connectivity index (χ1n) is 13.0. The zero-order chi connectivity index (χ0) is 26.0. The van der Waals surface area contributed by atoms with Crippen molar-refractivity contribution < 1.29 is 14.3 Å². The molecular weight excluding hydrogens is 480 g/mol. The molecular formula is C31H36N2O3S. The molecule has 0 spiro atoms. The van der Waals surface area contributed by atoms with E-state index in [0.717, 1.165) is 60.9 Å². The number of carbonyl (C=O) groups excluding carboxylic acids is 1. The number of thiazole rings is 1. The molecule has 0 unspecified atom stereocenters. The number of allylic oxidation sites excluding steroid dienone is 4. The van der Waals surface area contributed by atoms with Crippen molar-refractivity contribution in [3.63, 3.8) is 0 Å². The van der Waals surface area contributed by atoms with Crippen LogP contribution >= 0.6 is 11.3 Å². The van der Waals surface area contributed by atoms with Crippen molar-refractivity contribution in [2.24, 2.45) is 0 Å². The van der Waals surface area contributed by atoms with Gasteiger partial charge in [-0.2, -0.15) is 0 Å². The molecule has 0 amide bonds. The predicted octanol–water partition coefficient (Wildman–Crippen LogP) is 7.61. The van der Waals surface area contributed by atoms with Crippen molar-refractivity contribution in [1.29, 1.82) is 0 Å². The molecule has 2 aromatic carbocycles. The quantitative estimate of drug-likeness (QED) is 0.232. The number of hydrogen-bond donors (Lipinski definition) is 0. The fraction of sp³-hybridized carbons (Fsp3) is 0.355. The van der Waals surface area contributed by atoms with Gasteiger partial charge in [-0.25, -0.2) is 4.98 Å². The van der Waals surface area contributed by atoms with Gasteiger partial charge in [0.05, 0.1) is 18.6 Å². The van der Waals surface area contributed by atoms with Crippen LogP contribution < -0.4 is 4.90 Å². The first-order chi connectivity index (χ1) is 18.1. The van der Waals surface area contributed by atoms with E-state index in [1.165, 1.54) is 28.7 Å². The Hall–Kier alpha value is -3.38. The minimum Gasteiger partial charge on any atom is -0.493 e. The molecule has 5 nitrogen and oxygen atoms in total. The van der Waals surface area contributed by atoms with Gasteiger partial charge in [-0.05, 0) is 43.4 Å². The highest BCUT2D eigenvalue weighted by atomic mass is 32.1. The normalized spacial score (nSPS) is 13.1. The molecule has 0 aliphatic heterocycles. The highest BCUT2D eigenvalue weighted by Gasteiger charge is 2.16. The maximum atomic E-state index is 11.3. The molecule has 3 aromatic rings. The summed E-state index contributed by atoms with van der Waals surface area (Å²) in [5, 5.41) is 1.08. The summed E-state index contributed by atoms with van der Waals surface area (Å²) in [5.41, 5.74) is 5.94. The molecule has 6 heteroatoms. The van der Waals surface area contributed by atoms with Crippen LogP contribution in [0.25, 0.3) is 11.3 Å². The number of hydrogen-bond acceptors (Lipinski definition) is 6. The molecule has 4 rings (SSSR count). The molecule has 0 fully saturated rings. The molecule has 1 heterocycles. The lowest BCUT2D eigenvalue weighted by Crippen LogP contribution is -2.23. The third-order valence-electron chi connectivity index (χ3n) is 6.49. The molecule has 0 saturated heterocycles. The van der Waals surface area contributed by atoms with E-state index in [0.29, 0.717) is 13.0 Å². The number of aryl methyl sites for hydroxylation is 1. The minimum atomic E-state index is -0.160. The van der Waals surface area contributed by atoms with E-state index in [-0.39, 0.29) is 5.97 Å². The van der Waals surface area contributed by atoms with Crippen molar-refractivity contribution in [1.82, 2.24) is 4.98 Å². The lowest BCUT2D eigenvalue weighted by atomic mass is 9.99. The monoisotopic (exact) mass is 516 g/mol. The van der Waals surface area contributed by atoms with Gasteiger partial charge in [0.15, 0.2) is 5.13 Å². The molecule has 0 radical (unpaired) electrons. The number of anilines is 1. The molecule has 1 aromatic heterocycles. The van der Waals surface area contributed by atoms with Gasteiger partial charge in [0.25, 0.3) is 0 Å². The number of rotatable bonds is 12. The van der Waals surface area contributed by atoms with Crippen LogP contribution in [-0.4, -0.2) is 24.6 Å². The van der Waals surface area contributed by atoms with Gasteiger partial charge in [0.1, 0.15) is 6.61 Å². The highest BCUT2D eigenvalue weighted by Crippen LogP contribution is 2.33. The Morgan fingerprint density at radius 2 is 1.78 bits per heavy atom. The Morgan fingerprint density at radius 1 is 1.03 bits per heavy atom. The summed E-state index contributed by atoms with van der Waals surface area (Å²) in [7, 11) is 1.43. The number of methoxy groups -OCH3 is 1. The molecule has 0 bridgehead atoms. The van der Waals surface area contributed by atoms with Crippen molar-refractivity contribution in [2.45, 2.75) is 59.1 Å². The number of benzene rings is 2. The number of ether oxygens (including phenoxy) is 2. The maximum absolute atomic E-state index is 11.3. The van der Waals surface area contributed by atoms with E-state index < -0.39 is 0 Å². The van der Waals surface area contributed by atoms with Crippen LogP contribution in [0.1, 0.15) is 55.0 Å². The van der Waals surface area contributed by atoms with Gasteiger partial charge < -0.3 is 14.4 Å². The SMILES string of the molecule is CCCN(Cc1ccc(COC2=CC=C(CCC(=O)OC)CC2)cc1)c1nc(-c2ccccc2)c(C)s1. The second kappa shape index (κ2) is 13.2. The summed E-state index contributed by atoms with van der Waals surface area (Å²) < 4.78 is 10.8. The number of carbonyl (C=O) groups is 1. The smallest absolute Gasteiger partial charge is 0.305 e. The van der Waals surface area contributed by atoms with E-state index in [1.807, 2.05) is 12.1 Å². The van der Waals surface area contributed by atoms with Gasteiger partial charge in [0.2, 0.25) is 0 Å². The van der Waals surface area contributed by atoms with Crippen LogP contribution in [0.3, 0.4) is 0 Å². The lowest BCUT2D eigenvalue weighted by Gasteiger charge is -2.21. The van der Waals surface area contributed by atoms with Gasteiger partial charge >= 0.3 is 5.97 Å². The van der Waals surface area contributed by atoms with Crippen LogP contribution in [0.5, 0.6) is 0 Å². The zero-order valence-corrected chi connectivity index (χ0v) is 22.9. The van der Waals surface area contributed by atoms with Crippen LogP contribution in [0, 0.1) is 6.92 Å². The third-order valence-corrected chi connectivity index (χ3v) is 7.52. The van der Waals surface area contributed by atoms with Crippen LogP contribution in [0.2, 0.25) is 0 Å². The Bertz CT molecular complexity index is 1230. The number of nitrogens with zero attached hydrogens (tertiary/aromatic N) is 2. The predicted molar refractivity (Wildman–Crippen MR) is 152 cm³/mol. The average molecular weight is 517 g/mol. The van der Waals surface area contributed by atoms with Gasteiger partial charge in [-0.1, -0.05) is 73.2 Å². The lowest BCUT2D eigenvalue weighted by molar-refractivity contribution is -0.140. The van der Waals surface area contributed by atoms with Gasteiger partial charge in [-0.15, -0.1) is 11.3 Å². The van der Waals surface area contributed by atoms with Crippen molar-refractivity contribution in [3.05, 3.63) is 94.1 Å². The second-order valence-corrected chi connectivity index (χ2v) is 10.5. The van der Waals surface area contributed by atoms with Gasteiger partial charge in [0, 0.05) is 36.4 Å². The van der Waals surface area contributed by atoms with Crippen LogP contribution in [0.4, 0.5) is 5.13 Å². The summed E-state index contributed by atoms with van der Waals surface area (Å²) in [5.74, 6) is 0.834. The standard InChI is InChI=1S/C31H36N2O3S/c1-4-20-33(31-32-30(23(2)37-31)27-8-6-5-7-9-27)21-25-10-12-26(13-11-25)22-36-28-17-14-24(15-18-28)16-19-29(34)35-3/h5-14,17H,4,15-16,18-22H2,1-3H3. The van der Waals surface area contributed by atoms with E-state index in [9.17, 15) is 4.79 Å². The molecule has 1 aliphatic carbocycles. The number of esters is 1. The summed E-state index contributed by atoms with van der Waals surface area (Å²) in [6.45, 7) is 6.73.